The molecule has 31 heavy (non-hydrogen) atoms. The van der Waals surface area contributed by atoms with E-state index in [0.717, 1.165) is 5.56 Å². The van der Waals surface area contributed by atoms with Gasteiger partial charge in [0.2, 0.25) is 5.91 Å². The molecule has 0 aliphatic heterocycles. The van der Waals surface area contributed by atoms with Crippen molar-refractivity contribution >= 4 is 17.5 Å². The summed E-state index contributed by atoms with van der Waals surface area (Å²) in [6.07, 6.45) is 0. The number of ether oxygens (including phenoxy) is 3. The number of carbonyl (C=O) groups is 2. The van der Waals surface area contributed by atoms with Crippen molar-refractivity contribution < 1.29 is 23.8 Å². The van der Waals surface area contributed by atoms with Gasteiger partial charge < -0.3 is 25.3 Å². The molecule has 0 radical (unpaired) electrons. The molecule has 0 heterocycles. The van der Waals surface area contributed by atoms with E-state index in [9.17, 15) is 9.59 Å². The highest BCUT2D eigenvalue weighted by Crippen LogP contribution is 2.25. The van der Waals surface area contributed by atoms with Crippen LogP contribution in [0.5, 0.6) is 17.2 Å². The lowest BCUT2D eigenvalue weighted by Gasteiger charge is -2.14. The maximum absolute atomic E-state index is 12.7. The van der Waals surface area contributed by atoms with Gasteiger partial charge in [0.25, 0.3) is 5.91 Å². The first kappa shape index (κ1) is 21.7. The third-order valence-electron chi connectivity index (χ3n) is 4.49. The zero-order chi connectivity index (χ0) is 22.2. The van der Waals surface area contributed by atoms with Crippen molar-refractivity contribution in [3.63, 3.8) is 0 Å². The van der Waals surface area contributed by atoms with E-state index in [4.69, 9.17) is 19.9 Å². The molecule has 0 saturated carbocycles. The van der Waals surface area contributed by atoms with Crippen molar-refractivity contribution in [2.24, 2.45) is 5.73 Å². The summed E-state index contributed by atoms with van der Waals surface area (Å²) in [6, 6.07) is 18.8. The summed E-state index contributed by atoms with van der Waals surface area (Å²) in [7, 11) is 1.59. The Morgan fingerprint density at radius 2 is 1.61 bits per heavy atom. The number of methoxy groups -OCH3 is 1. The normalized spacial score (nSPS) is 10.3. The number of nitrogens with one attached hydrogen (secondary N) is 1. The van der Waals surface area contributed by atoms with Gasteiger partial charge in [0.15, 0.2) is 0 Å². The van der Waals surface area contributed by atoms with Gasteiger partial charge in [-0.05, 0) is 61.5 Å². The second kappa shape index (κ2) is 10.2. The molecule has 0 fully saturated rings. The third-order valence-corrected chi connectivity index (χ3v) is 4.49. The number of primary amides is 1. The van der Waals surface area contributed by atoms with E-state index >= 15 is 0 Å². The molecule has 0 bridgehead atoms. The molecule has 0 unspecified atom stereocenters. The first-order valence-corrected chi connectivity index (χ1v) is 9.74. The number of amides is 2. The van der Waals surface area contributed by atoms with Crippen LogP contribution in [0, 0.1) is 0 Å². The summed E-state index contributed by atoms with van der Waals surface area (Å²) in [6.45, 7) is 2.60. The molecule has 3 rings (SSSR count). The molecule has 160 valence electrons. The van der Waals surface area contributed by atoms with Crippen molar-refractivity contribution in [3.05, 3.63) is 83.4 Å². The van der Waals surface area contributed by atoms with E-state index in [1.165, 1.54) is 0 Å². The van der Waals surface area contributed by atoms with E-state index in [1.54, 1.807) is 55.6 Å². The van der Waals surface area contributed by atoms with Gasteiger partial charge in [-0.2, -0.15) is 0 Å². The molecule has 7 heteroatoms. The first-order chi connectivity index (χ1) is 15.0. The molecule has 3 N–H and O–H groups in total. The Bertz CT molecular complexity index is 1060. The molecular weight excluding hydrogens is 396 g/mol. The van der Waals surface area contributed by atoms with Crippen LogP contribution >= 0.6 is 0 Å². The average Bonchev–Trinajstić information content (AvgIpc) is 2.79. The molecule has 7 nitrogen and oxygen atoms in total. The van der Waals surface area contributed by atoms with Crippen LogP contribution in [0.4, 0.5) is 5.69 Å². The molecule has 0 aromatic heterocycles. The molecule has 3 aromatic carbocycles. The highest BCUT2D eigenvalue weighted by atomic mass is 16.5. The molecular formula is C24H24N2O5. The molecule has 2 amide bonds. The van der Waals surface area contributed by atoms with Crippen molar-refractivity contribution in [2.45, 2.75) is 13.5 Å². The number of carbonyl (C=O) groups excluding carboxylic acids is 2. The van der Waals surface area contributed by atoms with Crippen molar-refractivity contribution in [3.8, 4) is 17.2 Å². The monoisotopic (exact) mass is 420 g/mol. The van der Waals surface area contributed by atoms with Crippen molar-refractivity contribution in [1.29, 1.82) is 0 Å². The lowest BCUT2D eigenvalue weighted by molar-refractivity contribution is 0.0998. The van der Waals surface area contributed by atoms with Gasteiger partial charge in [-0.1, -0.05) is 6.07 Å². The van der Waals surface area contributed by atoms with E-state index in [1.807, 2.05) is 25.1 Å². The van der Waals surface area contributed by atoms with E-state index in [0.29, 0.717) is 40.7 Å². The lowest BCUT2D eigenvalue weighted by Crippen LogP contribution is -2.14. The van der Waals surface area contributed by atoms with Gasteiger partial charge in [-0.15, -0.1) is 0 Å². The van der Waals surface area contributed by atoms with E-state index < -0.39 is 5.91 Å². The fourth-order valence-corrected chi connectivity index (χ4v) is 2.90. The van der Waals surface area contributed by atoms with Crippen LogP contribution in [0.25, 0.3) is 0 Å². The van der Waals surface area contributed by atoms with Crippen LogP contribution in [0.3, 0.4) is 0 Å². The quantitative estimate of drug-likeness (QED) is 0.545. The van der Waals surface area contributed by atoms with Crippen LogP contribution in [0.1, 0.15) is 33.2 Å². The van der Waals surface area contributed by atoms with Gasteiger partial charge in [0.05, 0.1) is 13.7 Å². The fraction of sp³-hybridized carbons (Fsp3) is 0.167. The topological polar surface area (TPSA) is 99.9 Å². The Kier molecular flexibility index (Phi) is 7.11. The summed E-state index contributed by atoms with van der Waals surface area (Å²) in [5.41, 5.74) is 7.35. The zero-order valence-electron chi connectivity index (χ0n) is 17.4. The van der Waals surface area contributed by atoms with Crippen LogP contribution in [0.15, 0.2) is 66.7 Å². The maximum Gasteiger partial charge on any atom is 0.255 e. The number of hydrogen-bond donors (Lipinski definition) is 2. The second-order valence-electron chi connectivity index (χ2n) is 6.62. The van der Waals surface area contributed by atoms with Crippen LogP contribution in [-0.2, 0) is 6.61 Å². The molecule has 0 aliphatic rings. The Labute approximate surface area is 180 Å². The minimum Gasteiger partial charge on any atom is -0.497 e. The molecule has 0 atom stereocenters. The second-order valence-corrected chi connectivity index (χ2v) is 6.62. The van der Waals surface area contributed by atoms with Crippen molar-refractivity contribution in [2.75, 3.05) is 19.0 Å². The lowest BCUT2D eigenvalue weighted by atomic mass is 10.1. The Morgan fingerprint density at radius 3 is 2.29 bits per heavy atom. The van der Waals surface area contributed by atoms with Crippen molar-refractivity contribution in [1.82, 2.24) is 0 Å². The van der Waals surface area contributed by atoms with Crippen LogP contribution < -0.4 is 25.3 Å². The summed E-state index contributed by atoms with van der Waals surface area (Å²) in [5, 5.41) is 2.80. The smallest absolute Gasteiger partial charge is 0.255 e. The zero-order valence-corrected chi connectivity index (χ0v) is 17.4. The predicted octanol–water partition coefficient (Wildman–Crippen LogP) is 4.02. The third kappa shape index (κ3) is 5.76. The summed E-state index contributed by atoms with van der Waals surface area (Å²) >= 11 is 0. The van der Waals surface area contributed by atoms with Gasteiger partial charge in [-0.3, -0.25) is 9.59 Å². The summed E-state index contributed by atoms with van der Waals surface area (Å²) < 4.78 is 16.8. The largest absolute Gasteiger partial charge is 0.497 e. The van der Waals surface area contributed by atoms with Gasteiger partial charge >= 0.3 is 0 Å². The molecule has 0 spiro atoms. The van der Waals surface area contributed by atoms with Gasteiger partial charge in [-0.25, -0.2) is 0 Å². The number of nitrogens with two attached hydrogens (primary N) is 1. The van der Waals surface area contributed by atoms with E-state index in [2.05, 4.69) is 5.32 Å². The minimum absolute atomic E-state index is 0.219. The first-order valence-electron chi connectivity index (χ1n) is 9.74. The summed E-state index contributed by atoms with van der Waals surface area (Å²) in [5.74, 6) is 1.17. The molecule has 0 saturated heterocycles. The maximum atomic E-state index is 12.7. The highest BCUT2D eigenvalue weighted by molar-refractivity contribution is 6.04. The fourth-order valence-electron chi connectivity index (χ4n) is 2.90. The Balaban J connectivity index is 1.76. The standard InChI is InChI=1S/C24H24N2O5/c1-3-30-22-12-9-17(24(28)26-19-10-7-16(8-11-19)23(25)27)13-18(22)15-31-21-6-4-5-20(14-21)29-2/h4-14H,3,15H2,1-2H3,(H2,25,27)(H,26,28). The highest BCUT2D eigenvalue weighted by Gasteiger charge is 2.12. The van der Waals surface area contributed by atoms with Gasteiger partial charge in [0.1, 0.15) is 23.9 Å². The Hall–Kier alpha value is -4.00. The number of hydrogen-bond acceptors (Lipinski definition) is 5. The average molecular weight is 420 g/mol. The van der Waals surface area contributed by atoms with Gasteiger partial charge in [0, 0.05) is 28.4 Å². The number of benzene rings is 3. The van der Waals surface area contributed by atoms with Crippen LogP contribution in [0.2, 0.25) is 0 Å². The number of rotatable bonds is 9. The molecule has 0 aliphatic carbocycles. The summed E-state index contributed by atoms with van der Waals surface area (Å²) in [4.78, 5) is 23.9. The van der Waals surface area contributed by atoms with Crippen LogP contribution in [-0.4, -0.2) is 25.5 Å². The predicted molar refractivity (Wildman–Crippen MR) is 118 cm³/mol. The minimum atomic E-state index is -0.523. The SMILES string of the molecule is CCOc1ccc(C(=O)Nc2ccc(C(N)=O)cc2)cc1COc1cccc(OC)c1. The Morgan fingerprint density at radius 1 is 0.903 bits per heavy atom. The van der Waals surface area contributed by atoms with E-state index in [-0.39, 0.29) is 12.5 Å². The number of anilines is 1. The molecule has 3 aromatic rings.